The minimum Gasteiger partial charge on any atom is -0.361 e. The van der Waals surface area contributed by atoms with Gasteiger partial charge in [-0.05, 0) is 24.2 Å². The number of fused-ring (bicyclic) bond motifs is 2. The summed E-state index contributed by atoms with van der Waals surface area (Å²) in [5, 5.41) is 5.26. The van der Waals surface area contributed by atoms with Gasteiger partial charge in [-0.3, -0.25) is 9.48 Å². The Bertz CT molecular complexity index is 1240. The molecule has 3 heterocycles. The van der Waals surface area contributed by atoms with Crippen LogP contribution in [-0.2, 0) is 18.5 Å². The summed E-state index contributed by atoms with van der Waals surface area (Å²) in [5.41, 5.74) is 3.31. The number of aldehydes is 1. The quantitative estimate of drug-likeness (QED) is 0.251. The molecule has 0 aliphatic rings. The van der Waals surface area contributed by atoms with Crippen LogP contribution in [0.15, 0.2) is 30.6 Å². The zero-order valence-electron chi connectivity index (χ0n) is 17.5. The molecular weight excluding hydrogens is 401 g/mol. The lowest BCUT2D eigenvalue weighted by Crippen LogP contribution is -2.22. The summed E-state index contributed by atoms with van der Waals surface area (Å²) in [4.78, 5) is 20.8. The van der Waals surface area contributed by atoms with Gasteiger partial charge in [0.1, 0.15) is 29.5 Å². The molecule has 0 N–H and O–H groups in total. The third-order valence-corrected chi connectivity index (χ3v) is 6.71. The van der Waals surface area contributed by atoms with Crippen molar-refractivity contribution in [3.8, 4) is 11.4 Å². The van der Waals surface area contributed by atoms with Gasteiger partial charge in [0, 0.05) is 33.3 Å². The maximum atomic E-state index is 13.6. The number of rotatable bonds is 7. The molecule has 156 valence electrons. The molecule has 0 bridgehead atoms. The fourth-order valence-corrected chi connectivity index (χ4v) is 4.09. The van der Waals surface area contributed by atoms with Crippen molar-refractivity contribution in [2.45, 2.75) is 32.4 Å². The Morgan fingerprint density at radius 2 is 2.07 bits per heavy atom. The van der Waals surface area contributed by atoms with Crippen molar-refractivity contribution in [2.75, 3.05) is 6.61 Å². The molecule has 0 fully saturated rings. The molecule has 0 spiro atoms. The number of carbonyl (C=O) groups excluding carboxylic acids is 1. The minimum atomic E-state index is -1.17. The minimum absolute atomic E-state index is 0.314. The van der Waals surface area contributed by atoms with Crippen LogP contribution in [-0.4, -0.2) is 45.3 Å². The monoisotopic (exact) mass is 425 g/mol. The third kappa shape index (κ3) is 3.90. The van der Waals surface area contributed by atoms with Crippen molar-refractivity contribution in [2.24, 2.45) is 7.05 Å². The molecule has 0 aliphatic heterocycles. The number of hydrogen-bond acceptors (Lipinski definition) is 5. The molecule has 0 radical (unpaired) electrons. The average Bonchev–Trinajstić information content (AvgIpc) is 3.21. The zero-order valence-corrected chi connectivity index (χ0v) is 18.5. The number of halogens is 1. The number of hydrogen-bond donors (Lipinski definition) is 0. The highest BCUT2D eigenvalue weighted by Crippen LogP contribution is 2.28. The molecule has 0 saturated heterocycles. The van der Waals surface area contributed by atoms with Gasteiger partial charge in [0.2, 0.25) is 0 Å². The van der Waals surface area contributed by atoms with E-state index in [0.29, 0.717) is 47.0 Å². The van der Waals surface area contributed by atoms with E-state index < -0.39 is 8.07 Å². The van der Waals surface area contributed by atoms with E-state index in [1.54, 1.807) is 34.8 Å². The van der Waals surface area contributed by atoms with E-state index in [1.165, 1.54) is 12.1 Å². The molecule has 0 amide bonds. The molecule has 4 aromatic rings. The fourth-order valence-electron chi connectivity index (χ4n) is 3.34. The van der Waals surface area contributed by atoms with Crippen molar-refractivity contribution in [1.82, 2.24) is 24.3 Å². The summed E-state index contributed by atoms with van der Waals surface area (Å²) in [7, 11) is 0.582. The lowest BCUT2D eigenvalue weighted by atomic mass is 10.1. The summed E-state index contributed by atoms with van der Waals surface area (Å²) < 4.78 is 22.8. The standard InChI is InChI=1S/C21H24FN5O2Si/c1-26-18-9-15(22)5-6-16(18)20(25-26)17-10-23-21-19(24-17)14(12-28)11-27(21)13-29-7-8-30(2,3)4/h5-6,9-12H,7-8,13H2,1-4H3. The van der Waals surface area contributed by atoms with Crippen molar-refractivity contribution < 1.29 is 13.9 Å². The van der Waals surface area contributed by atoms with Crippen molar-refractivity contribution in [3.05, 3.63) is 42.0 Å². The first-order chi connectivity index (χ1) is 14.3. The van der Waals surface area contributed by atoms with Gasteiger partial charge in [0.15, 0.2) is 11.9 Å². The molecule has 0 atom stereocenters. The van der Waals surface area contributed by atoms with E-state index in [1.807, 2.05) is 0 Å². The van der Waals surface area contributed by atoms with E-state index in [-0.39, 0.29) is 5.82 Å². The smallest absolute Gasteiger partial charge is 0.161 e. The molecular formula is C21H24FN5O2Si. The second kappa shape index (κ2) is 7.73. The van der Waals surface area contributed by atoms with Gasteiger partial charge in [-0.25, -0.2) is 14.4 Å². The maximum Gasteiger partial charge on any atom is 0.161 e. The zero-order chi connectivity index (χ0) is 21.5. The normalized spacial score (nSPS) is 12.2. The first-order valence-electron chi connectivity index (χ1n) is 9.78. The Hall–Kier alpha value is -2.91. The van der Waals surface area contributed by atoms with Crippen LogP contribution in [0.2, 0.25) is 25.7 Å². The molecule has 3 aromatic heterocycles. The molecule has 7 nitrogen and oxygen atoms in total. The number of nitrogens with zero attached hydrogens (tertiary/aromatic N) is 5. The molecule has 0 unspecified atom stereocenters. The topological polar surface area (TPSA) is 74.8 Å². The lowest BCUT2D eigenvalue weighted by Gasteiger charge is -2.15. The Balaban J connectivity index is 1.69. The van der Waals surface area contributed by atoms with Gasteiger partial charge in [0.05, 0.1) is 17.3 Å². The van der Waals surface area contributed by atoms with Crippen LogP contribution in [0.5, 0.6) is 0 Å². The molecule has 4 rings (SSSR count). The fraction of sp³-hybridized carbons (Fsp3) is 0.333. The maximum absolute atomic E-state index is 13.6. The number of ether oxygens (including phenoxy) is 1. The summed E-state index contributed by atoms with van der Waals surface area (Å²) >= 11 is 0. The first kappa shape index (κ1) is 20.4. The average molecular weight is 426 g/mol. The Morgan fingerprint density at radius 3 is 2.80 bits per heavy atom. The van der Waals surface area contributed by atoms with E-state index >= 15 is 0 Å². The second-order valence-electron chi connectivity index (χ2n) is 8.58. The summed E-state index contributed by atoms with van der Waals surface area (Å²) in [6.07, 6.45) is 4.10. The Kier molecular flexibility index (Phi) is 5.25. The van der Waals surface area contributed by atoms with E-state index in [4.69, 9.17) is 4.74 Å². The Morgan fingerprint density at radius 1 is 1.27 bits per heavy atom. The largest absolute Gasteiger partial charge is 0.361 e. The predicted octanol–water partition coefficient (Wildman–Crippen LogP) is 4.25. The van der Waals surface area contributed by atoms with E-state index in [9.17, 15) is 9.18 Å². The van der Waals surface area contributed by atoms with Crippen LogP contribution >= 0.6 is 0 Å². The van der Waals surface area contributed by atoms with Crippen LogP contribution in [0.1, 0.15) is 10.4 Å². The van der Waals surface area contributed by atoms with Gasteiger partial charge in [-0.2, -0.15) is 5.10 Å². The number of benzene rings is 1. The molecule has 9 heteroatoms. The second-order valence-corrected chi connectivity index (χ2v) is 14.2. The summed E-state index contributed by atoms with van der Waals surface area (Å²) in [6, 6.07) is 5.57. The van der Waals surface area contributed by atoms with Crippen LogP contribution in [0.25, 0.3) is 33.5 Å². The lowest BCUT2D eigenvalue weighted by molar-refractivity contribution is 0.0897. The van der Waals surface area contributed by atoms with Crippen LogP contribution in [0, 0.1) is 5.82 Å². The number of aromatic nitrogens is 5. The van der Waals surface area contributed by atoms with E-state index in [0.717, 1.165) is 17.7 Å². The van der Waals surface area contributed by atoms with Crippen molar-refractivity contribution >= 4 is 36.4 Å². The van der Waals surface area contributed by atoms with Gasteiger partial charge < -0.3 is 9.30 Å². The van der Waals surface area contributed by atoms with Crippen molar-refractivity contribution in [1.29, 1.82) is 0 Å². The van der Waals surface area contributed by atoms with Gasteiger partial charge in [-0.1, -0.05) is 19.6 Å². The molecule has 30 heavy (non-hydrogen) atoms. The van der Waals surface area contributed by atoms with Crippen LogP contribution in [0.4, 0.5) is 4.39 Å². The predicted molar refractivity (Wildman–Crippen MR) is 117 cm³/mol. The molecule has 0 aliphatic carbocycles. The highest BCUT2D eigenvalue weighted by molar-refractivity contribution is 6.76. The van der Waals surface area contributed by atoms with Gasteiger partial charge >= 0.3 is 0 Å². The highest BCUT2D eigenvalue weighted by atomic mass is 28.3. The molecule has 1 aromatic carbocycles. The first-order valence-corrected chi connectivity index (χ1v) is 13.5. The van der Waals surface area contributed by atoms with E-state index in [2.05, 4.69) is 34.7 Å². The summed E-state index contributed by atoms with van der Waals surface area (Å²) in [5.74, 6) is -0.326. The summed E-state index contributed by atoms with van der Waals surface area (Å²) in [6.45, 7) is 7.89. The van der Waals surface area contributed by atoms with Crippen LogP contribution < -0.4 is 0 Å². The van der Waals surface area contributed by atoms with Gasteiger partial charge in [-0.15, -0.1) is 0 Å². The third-order valence-electron chi connectivity index (χ3n) is 5.00. The number of aryl methyl sites for hydroxylation is 1. The van der Waals surface area contributed by atoms with Crippen molar-refractivity contribution in [3.63, 3.8) is 0 Å². The Labute approximate surface area is 174 Å². The van der Waals surface area contributed by atoms with Crippen LogP contribution in [0.3, 0.4) is 0 Å². The number of carbonyl (C=O) groups is 1. The highest BCUT2D eigenvalue weighted by Gasteiger charge is 2.17. The molecule has 0 saturated carbocycles. The SMILES string of the molecule is Cn1nc(-c2cnc3c(n2)c(C=O)cn3COCC[Si](C)(C)C)c2ccc(F)cc21. The van der Waals surface area contributed by atoms with Gasteiger partial charge in [0.25, 0.3) is 0 Å².